The predicted molar refractivity (Wildman–Crippen MR) is 75.6 cm³/mol. The summed E-state index contributed by atoms with van der Waals surface area (Å²) in [6.07, 6.45) is 4.43. The van der Waals surface area contributed by atoms with Crippen LogP contribution in [0.2, 0.25) is 0 Å². The van der Waals surface area contributed by atoms with Crippen molar-refractivity contribution in [2.45, 2.75) is 13.0 Å². The number of nitrogens with zero attached hydrogens (tertiary/aromatic N) is 3. The van der Waals surface area contributed by atoms with Gasteiger partial charge in [-0.25, -0.2) is 4.98 Å². The third-order valence-electron chi connectivity index (χ3n) is 3.39. The minimum absolute atomic E-state index is 0.556. The molecule has 0 radical (unpaired) electrons. The Hall–Kier alpha value is -2.20. The lowest BCUT2D eigenvalue weighted by Crippen LogP contribution is -2.00. The van der Waals surface area contributed by atoms with Gasteiger partial charge in [-0.05, 0) is 35.4 Å². The molecule has 96 valence electrons. The number of aromatic nitrogens is 3. The normalized spacial score (nSPS) is 11.1. The number of hydrogen-bond donors (Lipinski definition) is 1. The first-order valence-corrected chi connectivity index (χ1v) is 6.31. The molecule has 0 bridgehead atoms. The molecule has 0 atom stereocenters. The van der Waals surface area contributed by atoms with Crippen LogP contribution in [0.1, 0.15) is 17.0 Å². The van der Waals surface area contributed by atoms with Crippen LogP contribution in [0.5, 0.6) is 0 Å². The molecule has 4 heteroatoms. The van der Waals surface area contributed by atoms with Gasteiger partial charge < -0.3 is 10.3 Å². The molecule has 2 heterocycles. The number of benzene rings is 1. The quantitative estimate of drug-likeness (QED) is 0.776. The van der Waals surface area contributed by atoms with Crippen molar-refractivity contribution in [1.29, 1.82) is 0 Å². The largest absolute Gasteiger partial charge is 0.331 e. The van der Waals surface area contributed by atoms with E-state index in [9.17, 15) is 0 Å². The van der Waals surface area contributed by atoms with Crippen LogP contribution in [-0.4, -0.2) is 14.5 Å². The monoisotopic (exact) mass is 252 g/mol. The number of aryl methyl sites for hydroxylation is 1. The molecule has 0 unspecified atom stereocenters. The van der Waals surface area contributed by atoms with Crippen LogP contribution in [0.25, 0.3) is 11.0 Å². The van der Waals surface area contributed by atoms with E-state index in [1.165, 1.54) is 5.56 Å². The zero-order valence-electron chi connectivity index (χ0n) is 10.9. The van der Waals surface area contributed by atoms with Crippen molar-refractivity contribution in [1.82, 2.24) is 14.5 Å². The Bertz CT molecular complexity index is 701. The number of rotatable bonds is 3. The molecular formula is C15H16N4. The lowest BCUT2D eigenvalue weighted by Gasteiger charge is -2.03. The molecule has 0 fully saturated rings. The summed E-state index contributed by atoms with van der Waals surface area (Å²) in [4.78, 5) is 8.72. The van der Waals surface area contributed by atoms with Gasteiger partial charge in [-0.15, -0.1) is 0 Å². The summed E-state index contributed by atoms with van der Waals surface area (Å²) in [6.45, 7) is 0.556. The number of fused-ring (bicyclic) bond motifs is 1. The van der Waals surface area contributed by atoms with Crippen LogP contribution >= 0.6 is 0 Å². The Balaban J connectivity index is 2.03. The molecule has 0 aliphatic heterocycles. The van der Waals surface area contributed by atoms with Gasteiger partial charge in [0, 0.05) is 32.4 Å². The van der Waals surface area contributed by atoms with Crippen molar-refractivity contribution in [2.24, 2.45) is 12.8 Å². The van der Waals surface area contributed by atoms with Crippen molar-refractivity contribution < 1.29 is 0 Å². The minimum Gasteiger partial charge on any atom is -0.331 e. The molecule has 3 aromatic rings. The van der Waals surface area contributed by atoms with Crippen molar-refractivity contribution in [3.63, 3.8) is 0 Å². The highest BCUT2D eigenvalue weighted by atomic mass is 15.1. The number of nitrogens with two attached hydrogens (primary N) is 1. The van der Waals surface area contributed by atoms with Gasteiger partial charge in [0.15, 0.2) is 0 Å². The fourth-order valence-corrected chi connectivity index (χ4v) is 2.25. The highest BCUT2D eigenvalue weighted by molar-refractivity contribution is 5.76. The average Bonchev–Trinajstić information content (AvgIpc) is 2.76. The second-order valence-corrected chi connectivity index (χ2v) is 4.65. The van der Waals surface area contributed by atoms with E-state index in [1.54, 1.807) is 0 Å². The van der Waals surface area contributed by atoms with Crippen LogP contribution in [0.4, 0.5) is 0 Å². The van der Waals surface area contributed by atoms with Gasteiger partial charge in [-0.2, -0.15) is 0 Å². The Morgan fingerprint density at radius 1 is 1.11 bits per heavy atom. The summed E-state index contributed by atoms with van der Waals surface area (Å²) in [5, 5.41) is 0. The molecule has 0 saturated heterocycles. The standard InChI is InChI=1S/C15H16N4/c1-19-14-8-12(10-16)2-3-13(14)18-15(19)9-11-4-6-17-7-5-11/h2-8H,9-10,16H2,1H3. The minimum atomic E-state index is 0.556. The van der Waals surface area contributed by atoms with E-state index >= 15 is 0 Å². The molecule has 0 saturated carbocycles. The van der Waals surface area contributed by atoms with Crippen LogP contribution in [0.15, 0.2) is 42.7 Å². The highest BCUT2D eigenvalue weighted by Crippen LogP contribution is 2.18. The predicted octanol–water partition coefficient (Wildman–Crippen LogP) is 2.02. The lowest BCUT2D eigenvalue weighted by atomic mass is 10.2. The molecule has 0 aliphatic rings. The maximum atomic E-state index is 5.68. The summed E-state index contributed by atoms with van der Waals surface area (Å²) >= 11 is 0. The van der Waals surface area contributed by atoms with Crippen LogP contribution < -0.4 is 5.73 Å². The third kappa shape index (κ3) is 2.22. The van der Waals surface area contributed by atoms with Gasteiger partial charge in [-0.3, -0.25) is 4.98 Å². The molecule has 3 rings (SSSR count). The van der Waals surface area contributed by atoms with E-state index in [1.807, 2.05) is 43.7 Å². The molecule has 19 heavy (non-hydrogen) atoms. The molecule has 4 nitrogen and oxygen atoms in total. The zero-order chi connectivity index (χ0) is 13.2. The van der Waals surface area contributed by atoms with Crippen LogP contribution in [0, 0.1) is 0 Å². The first-order chi connectivity index (χ1) is 9.28. The first-order valence-electron chi connectivity index (χ1n) is 6.31. The maximum absolute atomic E-state index is 5.68. The van der Waals surface area contributed by atoms with E-state index in [4.69, 9.17) is 5.73 Å². The zero-order valence-corrected chi connectivity index (χ0v) is 10.9. The SMILES string of the molecule is Cn1c(Cc2ccncc2)nc2ccc(CN)cc21. The van der Waals surface area contributed by atoms with Gasteiger partial charge in [0.2, 0.25) is 0 Å². The third-order valence-corrected chi connectivity index (χ3v) is 3.39. The Morgan fingerprint density at radius 3 is 2.63 bits per heavy atom. The molecular weight excluding hydrogens is 236 g/mol. The lowest BCUT2D eigenvalue weighted by molar-refractivity contribution is 0.843. The molecule has 2 N–H and O–H groups in total. The molecule has 0 aliphatic carbocycles. The summed E-state index contributed by atoms with van der Waals surface area (Å²) in [5.41, 5.74) is 10.2. The van der Waals surface area contributed by atoms with Crippen molar-refractivity contribution in [3.8, 4) is 0 Å². The molecule has 2 aromatic heterocycles. The second kappa shape index (κ2) is 4.82. The summed E-state index contributed by atoms with van der Waals surface area (Å²) in [6, 6.07) is 10.2. The van der Waals surface area contributed by atoms with Gasteiger partial charge in [0.05, 0.1) is 11.0 Å². The van der Waals surface area contributed by atoms with Crippen LogP contribution in [0.3, 0.4) is 0 Å². The molecule has 0 amide bonds. The highest BCUT2D eigenvalue weighted by Gasteiger charge is 2.08. The van der Waals surface area contributed by atoms with Gasteiger partial charge in [-0.1, -0.05) is 6.07 Å². The van der Waals surface area contributed by atoms with E-state index in [2.05, 4.69) is 20.6 Å². The van der Waals surface area contributed by atoms with E-state index in [0.717, 1.165) is 28.8 Å². The van der Waals surface area contributed by atoms with Gasteiger partial charge in [0.1, 0.15) is 5.82 Å². The number of imidazole rings is 1. The van der Waals surface area contributed by atoms with Crippen molar-refractivity contribution in [3.05, 3.63) is 59.7 Å². The smallest absolute Gasteiger partial charge is 0.114 e. The van der Waals surface area contributed by atoms with Gasteiger partial charge in [0.25, 0.3) is 0 Å². The Labute approximate surface area is 111 Å². The van der Waals surface area contributed by atoms with E-state index in [0.29, 0.717) is 6.54 Å². The summed E-state index contributed by atoms with van der Waals surface area (Å²) in [5.74, 6) is 1.05. The second-order valence-electron chi connectivity index (χ2n) is 4.65. The fraction of sp³-hybridized carbons (Fsp3) is 0.200. The van der Waals surface area contributed by atoms with Crippen LogP contribution in [-0.2, 0) is 20.0 Å². The van der Waals surface area contributed by atoms with E-state index < -0.39 is 0 Å². The van der Waals surface area contributed by atoms with Gasteiger partial charge >= 0.3 is 0 Å². The fourth-order valence-electron chi connectivity index (χ4n) is 2.25. The summed E-state index contributed by atoms with van der Waals surface area (Å²) < 4.78 is 2.13. The van der Waals surface area contributed by atoms with E-state index in [-0.39, 0.29) is 0 Å². The molecule has 1 aromatic carbocycles. The number of hydrogen-bond acceptors (Lipinski definition) is 3. The summed E-state index contributed by atoms with van der Waals surface area (Å²) in [7, 11) is 2.05. The topological polar surface area (TPSA) is 56.7 Å². The van der Waals surface area contributed by atoms with Crippen molar-refractivity contribution >= 4 is 11.0 Å². The Kier molecular flexibility index (Phi) is 3.01. The number of pyridine rings is 1. The molecule has 0 spiro atoms. The Morgan fingerprint density at radius 2 is 1.89 bits per heavy atom. The first kappa shape index (κ1) is 11.9. The maximum Gasteiger partial charge on any atom is 0.114 e. The average molecular weight is 252 g/mol. The van der Waals surface area contributed by atoms with Crippen molar-refractivity contribution in [2.75, 3.05) is 0 Å².